The van der Waals surface area contributed by atoms with Crippen LogP contribution in [0.1, 0.15) is 19.5 Å². The number of nitrogen functional groups attached to an aromatic ring is 1. The highest BCUT2D eigenvalue weighted by molar-refractivity contribution is 5.68. The Labute approximate surface area is 194 Å². The Bertz CT molecular complexity index is 1210. The number of anilines is 2. The third kappa shape index (κ3) is 4.64. The van der Waals surface area contributed by atoms with Crippen LogP contribution in [0.3, 0.4) is 0 Å². The number of nitrogens with two attached hydrogens (primary N) is 1. The molecule has 0 atom stereocenters. The number of nitrogens with zero attached hydrogens (tertiary/aromatic N) is 5. The molecule has 1 aromatic carbocycles. The Hall–Kier alpha value is -3.58. The van der Waals surface area contributed by atoms with Crippen LogP contribution < -0.4 is 15.4 Å². The second-order valence-corrected chi connectivity index (χ2v) is 8.74. The Morgan fingerprint density at radius 3 is 2.45 bits per heavy atom. The number of aromatic nitrogens is 3. The lowest BCUT2D eigenvalue weighted by Crippen LogP contribution is -2.46. The fourth-order valence-corrected chi connectivity index (χ4v) is 4.34. The van der Waals surface area contributed by atoms with Crippen LogP contribution in [0.5, 0.6) is 5.75 Å². The Kier molecular flexibility index (Phi) is 5.88. The number of rotatable bonds is 6. The van der Waals surface area contributed by atoms with Gasteiger partial charge in [-0.25, -0.2) is 9.97 Å². The molecule has 1 saturated heterocycles. The van der Waals surface area contributed by atoms with Crippen LogP contribution in [0.2, 0.25) is 0 Å². The van der Waals surface area contributed by atoms with Gasteiger partial charge in [-0.3, -0.25) is 4.90 Å². The summed E-state index contributed by atoms with van der Waals surface area (Å²) in [4.78, 5) is 14.3. The molecule has 0 unspecified atom stereocenters. The average Bonchev–Trinajstić information content (AvgIpc) is 3.18. The van der Waals surface area contributed by atoms with Gasteiger partial charge in [0.2, 0.25) is 0 Å². The van der Waals surface area contributed by atoms with Gasteiger partial charge >= 0.3 is 0 Å². The highest BCUT2D eigenvalue weighted by Gasteiger charge is 2.22. The van der Waals surface area contributed by atoms with Gasteiger partial charge in [-0.1, -0.05) is 6.07 Å². The third-order valence-corrected chi connectivity index (χ3v) is 5.96. The van der Waals surface area contributed by atoms with Gasteiger partial charge in [0.25, 0.3) is 0 Å². The van der Waals surface area contributed by atoms with Gasteiger partial charge in [-0.2, -0.15) is 0 Å². The summed E-state index contributed by atoms with van der Waals surface area (Å²) in [5.74, 6) is 1.91. The maximum atomic E-state index is 6.13. The SMILES string of the molecule is CC(C)Oc1ccc(-c2nc3ccc(N)cn3c2CN2CCN(c3ccccn3)CC2)cc1. The molecule has 2 N–H and O–H groups in total. The molecule has 1 aliphatic heterocycles. The van der Waals surface area contributed by atoms with Gasteiger partial charge in [0.1, 0.15) is 17.2 Å². The van der Waals surface area contributed by atoms with Gasteiger partial charge in [0.05, 0.1) is 17.5 Å². The van der Waals surface area contributed by atoms with E-state index in [2.05, 4.69) is 37.4 Å². The first-order valence-corrected chi connectivity index (χ1v) is 11.5. The summed E-state index contributed by atoms with van der Waals surface area (Å²) in [6.45, 7) is 8.71. The van der Waals surface area contributed by atoms with E-state index in [1.165, 1.54) is 0 Å². The maximum Gasteiger partial charge on any atom is 0.137 e. The van der Waals surface area contributed by atoms with Crippen molar-refractivity contribution in [1.82, 2.24) is 19.3 Å². The number of piperazine rings is 1. The van der Waals surface area contributed by atoms with E-state index >= 15 is 0 Å². The molecule has 7 heteroatoms. The van der Waals surface area contributed by atoms with E-state index in [-0.39, 0.29) is 6.10 Å². The van der Waals surface area contributed by atoms with Crippen molar-refractivity contribution in [1.29, 1.82) is 0 Å². The van der Waals surface area contributed by atoms with E-state index < -0.39 is 0 Å². The van der Waals surface area contributed by atoms with Crippen molar-refractivity contribution in [2.45, 2.75) is 26.5 Å². The number of hydrogen-bond acceptors (Lipinski definition) is 6. The number of fused-ring (bicyclic) bond motifs is 1. The summed E-state index contributed by atoms with van der Waals surface area (Å²) in [5, 5.41) is 0. The first-order valence-electron chi connectivity index (χ1n) is 11.5. The molecule has 0 radical (unpaired) electrons. The molecule has 7 nitrogen and oxygen atoms in total. The molecule has 1 aliphatic rings. The lowest BCUT2D eigenvalue weighted by Gasteiger charge is -2.35. The van der Waals surface area contributed by atoms with Crippen LogP contribution in [-0.4, -0.2) is 51.6 Å². The van der Waals surface area contributed by atoms with Crippen molar-refractivity contribution < 1.29 is 4.74 Å². The summed E-state index contributed by atoms with van der Waals surface area (Å²) in [6, 6.07) is 18.2. The second kappa shape index (κ2) is 9.11. The van der Waals surface area contributed by atoms with Crippen molar-refractivity contribution in [2.75, 3.05) is 36.8 Å². The summed E-state index contributed by atoms with van der Waals surface area (Å²) in [6.07, 6.45) is 3.98. The first-order chi connectivity index (χ1) is 16.1. The molecule has 4 heterocycles. The minimum atomic E-state index is 0.148. The number of hydrogen-bond donors (Lipinski definition) is 1. The molecule has 1 fully saturated rings. The molecule has 0 saturated carbocycles. The van der Waals surface area contributed by atoms with Crippen LogP contribution in [0, 0.1) is 0 Å². The molecule has 0 amide bonds. The number of benzene rings is 1. The summed E-state index contributed by atoms with van der Waals surface area (Å²) < 4.78 is 7.95. The molecule has 0 bridgehead atoms. The normalized spacial score (nSPS) is 14.8. The van der Waals surface area contributed by atoms with E-state index in [9.17, 15) is 0 Å². The van der Waals surface area contributed by atoms with Crippen molar-refractivity contribution in [3.05, 3.63) is 72.7 Å². The molecule has 5 rings (SSSR count). The lowest BCUT2D eigenvalue weighted by atomic mass is 10.1. The second-order valence-electron chi connectivity index (χ2n) is 8.74. The van der Waals surface area contributed by atoms with Gasteiger partial charge < -0.3 is 19.8 Å². The molecule has 4 aromatic rings. The van der Waals surface area contributed by atoms with Crippen LogP contribution in [0.4, 0.5) is 11.5 Å². The predicted molar refractivity (Wildman–Crippen MR) is 133 cm³/mol. The number of imidazole rings is 1. The smallest absolute Gasteiger partial charge is 0.137 e. The van der Waals surface area contributed by atoms with Crippen LogP contribution >= 0.6 is 0 Å². The third-order valence-electron chi connectivity index (χ3n) is 5.96. The molecule has 33 heavy (non-hydrogen) atoms. The van der Waals surface area contributed by atoms with Crippen LogP contribution in [-0.2, 0) is 6.54 Å². The molecule has 3 aromatic heterocycles. The number of ether oxygens (including phenoxy) is 1. The largest absolute Gasteiger partial charge is 0.491 e. The van der Waals surface area contributed by atoms with E-state index in [0.717, 1.165) is 72.6 Å². The minimum absolute atomic E-state index is 0.148. The van der Waals surface area contributed by atoms with Crippen molar-refractivity contribution in [3.8, 4) is 17.0 Å². The topological polar surface area (TPSA) is 71.9 Å². The Morgan fingerprint density at radius 2 is 1.76 bits per heavy atom. The van der Waals surface area contributed by atoms with E-state index in [1.54, 1.807) is 0 Å². The fraction of sp³-hybridized carbons (Fsp3) is 0.308. The minimum Gasteiger partial charge on any atom is -0.491 e. The highest BCUT2D eigenvalue weighted by Crippen LogP contribution is 2.29. The standard InChI is InChI=1S/C26H30N6O/c1-19(2)33-22-9-6-20(7-10-22)26-23(32-17-21(27)8-11-25(32)29-26)18-30-13-15-31(16-14-30)24-5-3-4-12-28-24/h3-12,17,19H,13-16,18,27H2,1-2H3. The maximum absolute atomic E-state index is 6.13. The van der Waals surface area contributed by atoms with E-state index in [0.29, 0.717) is 0 Å². The van der Waals surface area contributed by atoms with Crippen molar-refractivity contribution in [3.63, 3.8) is 0 Å². The molecular weight excluding hydrogens is 412 g/mol. The zero-order valence-electron chi connectivity index (χ0n) is 19.2. The van der Waals surface area contributed by atoms with E-state index in [1.807, 2.05) is 62.6 Å². The fourth-order valence-electron chi connectivity index (χ4n) is 4.34. The molecule has 0 spiro atoms. The van der Waals surface area contributed by atoms with Gasteiger partial charge in [-0.15, -0.1) is 0 Å². The quantitative estimate of drug-likeness (QED) is 0.485. The summed E-state index contributed by atoms with van der Waals surface area (Å²) >= 11 is 0. The monoisotopic (exact) mass is 442 g/mol. The Balaban J connectivity index is 1.41. The molecular formula is C26H30N6O. The van der Waals surface area contributed by atoms with Crippen LogP contribution in [0.15, 0.2) is 67.0 Å². The van der Waals surface area contributed by atoms with Gasteiger partial charge in [-0.05, 0) is 62.4 Å². The molecule has 0 aliphatic carbocycles. The zero-order valence-corrected chi connectivity index (χ0v) is 19.2. The van der Waals surface area contributed by atoms with Gasteiger partial charge in [0.15, 0.2) is 0 Å². The van der Waals surface area contributed by atoms with Crippen LogP contribution in [0.25, 0.3) is 16.9 Å². The summed E-state index contributed by atoms with van der Waals surface area (Å²) in [5.41, 5.74) is 11.0. The predicted octanol–water partition coefficient (Wildman–Crippen LogP) is 4.09. The number of pyridine rings is 2. The summed E-state index contributed by atoms with van der Waals surface area (Å²) in [7, 11) is 0. The Morgan fingerprint density at radius 1 is 0.970 bits per heavy atom. The van der Waals surface area contributed by atoms with Gasteiger partial charge in [0, 0.05) is 56.4 Å². The average molecular weight is 443 g/mol. The highest BCUT2D eigenvalue weighted by atomic mass is 16.5. The lowest BCUT2D eigenvalue weighted by molar-refractivity contribution is 0.242. The van der Waals surface area contributed by atoms with Crippen molar-refractivity contribution in [2.24, 2.45) is 0 Å². The zero-order chi connectivity index (χ0) is 22.8. The molecule has 170 valence electrons. The first kappa shape index (κ1) is 21.3. The van der Waals surface area contributed by atoms with Crippen molar-refractivity contribution >= 4 is 17.2 Å². The van der Waals surface area contributed by atoms with E-state index in [4.69, 9.17) is 15.5 Å².